The normalized spacial score (nSPS) is 13.0. The van der Waals surface area contributed by atoms with Crippen molar-refractivity contribution >= 4 is 40.9 Å². The summed E-state index contributed by atoms with van der Waals surface area (Å²) in [6, 6.07) is 9.35. The molecule has 2 aromatic heterocycles. The van der Waals surface area contributed by atoms with E-state index in [1.165, 1.54) is 35.6 Å². The van der Waals surface area contributed by atoms with Gasteiger partial charge in [-0.2, -0.15) is 0 Å². The second-order valence-electron chi connectivity index (χ2n) is 7.32. The molecule has 0 bridgehead atoms. The number of amides is 2. The third kappa shape index (κ3) is 5.31. The summed E-state index contributed by atoms with van der Waals surface area (Å²) < 4.78 is 12.7. The highest BCUT2D eigenvalue weighted by atomic mass is 32.1. The number of furan rings is 1. The van der Waals surface area contributed by atoms with E-state index in [-0.39, 0.29) is 18.7 Å². The van der Waals surface area contributed by atoms with Crippen molar-refractivity contribution in [1.82, 2.24) is 9.88 Å². The van der Waals surface area contributed by atoms with Crippen LogP contribution in [0.5, 0.6) is 0 Å². The summed E-state index contributed by atoms with van der Waals surface area (Å²) in [5, 5.41) is 4.94. The van der Waals surface area contributed by atoms with E-state index in [2.05, 4.69) is 15.6 Å². The first-order chi connectivity index (χ1) is 16.4. The van der Waals surface area contributed by atoms with E-state index in [0.717, 1.165) is 13.0 Å². The van der Waals surface area contributed by atoms with Crippen LogP contribution in [-0.4, -0.2) is 35.5 Å². The third-order valence-electron chi connectivity index (χ3n) is 4.91. The first kappa shape index (κ1) is 23.2. The zero-order valence-electron chi connectivity index (χ0n) is 18.3. The Morgan fingerprint density at radius 2 is 1.97 bits per heavy atom. The lowest BCUT2D eigenvalue weighted by Crippen LogP contribution is -2.34. The Hall–Kier alpha value is -3.99. The fourth-order valence-electron chi connectivity index (χ4n) is 3.26. The minimum Gasteiger partial charge on any atom is -0.462 e. The van der Waals surface area contributed by atoms with Crippen LogP contribution < -0.4 is 25.5 Å². The van der Waals surface area contributed by atoms with Crippen LogP contribution in [0.2, 0.25) is 0 Å². The van der Waals surface area contributed by atoms with Gasteiger partial charge in [-0.3, -0.25) is 23.9 Å². The predicted molar refractivity (Wildman–Crippen MR) is 124 cm³/mol. The molecular weight excluding hydrogens is 460 g/mol. The molecule has 0 saturated carbocycles. The van der Waals surface area contributed by atoms with E-state index in [0.29, 0.717) is 38.6 Å². The average Bonchev–Trinajstić information content (AvgIpc) is 3.42. The summed E-state index contributed by atoms with van der Waals surface area (Å²) in [7, 11) is 0. The fourth-order valence-corrected chi connectivity index (χ4v) is 4.27. The van der Waals surface area contributed by atoms with Gasteiger partial charge in [-0.05, 0) is 49.7 Å². The Labute approximate surface area is 197 Å². The number of benzene rings is 1. The van der Waals surface area contributed by atoms with E-state index in [4.69, 9.17) is 9.15 Å². The predicted octanol–water partition coefficient (Wildman–Crippen LogP) is 0.786. The van der Waals surface area contributed by atoms with Gasteiger partial charge in [-0.25, -0.2) is 4.79 Å². The second kappa shape index (κ2) is 10.3. The summed E-state index contributed by atoms with van der Waals surface area (Å²) in [4.78, 5) is 53.5. The molecule has 4 rings (SSSR count). The lowest BCUT2D eigenvalue weighted by Gasteiger charge is -2.06. The van der Waals surface area contributed by atoms with Gasteiger partial charge in [-0.15, -0.1) is 0 Å². The minimum atomic E-state index is -0.858. The van der Waals surface area contributed by atoms with Crippen LogP contribution in [0.4, 0.5) is 5.69 Å². The largest absolute Gasteiger partial charge is 0.462 e. The van der Waals surface area contributed by atoms with Crippen molar-refractivity contribution in [3.8, 4) is 0 Å². The van der Waals surface area contributed by atoms with E-state index in [1.807, 2.05) is 0 Å². The van der Waals surface area contributed by atoms with Gasteiger partial charge in [-0.1, -0.05) is 11.3 Å². The molecule has 2 N–H and O–H groups in total. The molecule has 34 heavy (non-hydrogen) atoms. The average molecular weight is 483 g/mol. The van der Waals surface area contributed by atoms with Crippen molar-refractivity contribution in [2.24, 2.45) is 4.99 Å². The number of hydrogen-bond acceptors (Lipinski definition) is 8. The molecule has 0 radical (unpaired) electrons. The molecule has 2 amide bonds. The zero-order valence-corrected chi connectivity index (χ0v) is 19.1. The van der Waals surface area contributed by atoms with Crippen molar-refractivity contribution in [3.05, 3.63) is 73.2 Å². The van der Waals surface area contributed by atoms with Crippen molar-refractivity contribution < 1.29 is 23.5 Å². The van der Waals surface area contributed by atoms with Crippen molar-refractivity contribution in [1.29, 1.82) is 0 Å². The number of carbonyl (C=O) groups excluding carboxylic acids is 3. The van der Waals surface area contributed by atoms with E-state index in [9.17, 15) is 19.2 Å². The molecule has 3 heterocycles. The Bertz CT molecular complexity index is 1400. The Morgan fingerprint density at radius 3 is 2.71 bits per heavy atom. The molecule has 1 aliphatic rings. The van der Waals surface area contributed by atoms with Gasteiger partial charge in [0.15, 0.2) is 4.80 Å². The number of anilines is 1. The van der Waals surface area contributed by atoms with Gasteiger partial charge >= 0.3 is 17.8 Å². The topological polar surface area (TPSA) is 132 Å². The van der Waals surface area contributed by atoms with Crippen molar-refractivity contribution in [3.63, 3.8) is 0 Å². The third-order valence-corrected chi connectivity index (χ3v) is 5.96. The van der Waals surface area contributed by atoms with E-state index < -0.39 is 17.8 Å². The molecule has 0 fully saturated rings. The maximum atomic E-state index is 12.5. The molecule has 1 aromatic carbocycles. The van der Waals surface area contributed by atoms with Gasteiger partial charge in [0.05, 0.1) is 23.2 Å². The number of hydrogen-bond donors (Lipinski definition) is 2. The Morgan fingerprint density at radius 1 is 1.18 bits per heavy atom. The molecule has 0 spiro atoms. The zero-order chi connectivity index (χ0) is 24.1. The van der Waals surface area contributed by atoms with Gasteiger partial charge < -0.3 is 19.8 Å². The number of fused-ring (bicyclic) bond motifs is 1. The molecule has 176 valence electrons. The van der Waals surface area contributed by atoms with Crippen LogP contribution >= 0.6 is 11.3 Å². The molecule has 0 atom stereocenters. The number of ether oxygens (including phenoxy) is 1. The highest BCUT2D eigenvalue weighted by Crippen LogP contribution is 2.11. The summed E-state index contributed by atoms with van der Waals surface area (Å²) in [6.07, 6.45) is 2.49. The van der Waals surface area contributed by atoms with Crippen LogP contribution in [-0.2, 0) is 27.4 Å². The van der Waals surface area contributed by atoms with Gasteiger partial charge in [0.1, 0.15) is 11.5 Å². The number of thiazole rings is 1. The first-order valence-electron chi connectivity index (χ1n) is 10.7. The summed E-state index contributed by atoms with van der Waals surface area (Å²) in [5.74, 6) is -1.28. The number of carbonyl (C=O) groups is 3. The number of rotatable bonds is 6. The minimum absolute atomic E-state index is 0.00283. The lowest BCUT2D eigenvalue weighted by atomic mass is 10.2. The molecule has 3 aromatic rings. The summed E-state index contributed by atoms with van der Waals surface area (Å²) >= 11 is 1.31. The number of nitrogens with zero attached hydrogens (tertiary/aromatic N) is 2. The maximum absolute atomic E-state index is 12.5. The van der Waals surface area contributed by atoms with Crippen LogP contribution in [0, 0.1) is 0 Å². The smallest absolute Gasteiger partial charge is 0.338 e. The first-order valence-corrected chi connectivity index (χ1v) is 11.5. The molecule has 0 aliphatic carbocycles. The maximum Gasteiger partial charge on any atom is 0.338 e. The van der Waals surface area contributed by atoms with Crippen molar-refractivity contribution in [2.75, 3.05) is 18.5 Å². The van der Waals surface area contributed by atoms with Gasteiger partial charge in [0, 0.05) is 24.9 Å². The molecule has 1 aliphatic heterocycles. The molecular formula is C23H22N4O6S. The van der Waals surface area contributed by atoms with Crippen LogP contribution in [0.25, 0.3) is 6.08 Å². The van der Waals surface area contributed by atoms with E-state index in [1.54, 1.807) is 29.7 Å². The SMILES string of the molecule is CCOC(=O)c1ccc(NC(=O)C(=O)NCc2ccc(/C=c3/sc4n(c3=O)CCCN=4)o2)cc1. The number of esters is 1. The molecule has 0 unspecified atom stereocenters. The van der Waals surface area contributed by atoms with Crippen LogP contribution in [0.1, 0.15) is 35.2 Å². The van der Waals surface area contributed by atoms with Crippen LogP contribution in [0.15, 0.2) is 50.6 Å². The molecule has 11 heteroatoms. The Kier molecular flexibility index (Phi) is 7.02. The van der Waals surface area contributed by atoms with Gasteiger partial charge in [0.25, 0.3) is 5.56 Å². The summed E-state index contributed by atoms with van der Waals surface area (Å²) in [6.45, 7) is 3.35. The van der Waals surface area contributed by atoms with Crippen LogP contribution in [0.3, 0.4) is 0 Å². The highest BCUT2D eigenvalue weighted by Gasteiger charge is 2.15. The van der Waals surface area contributed by atoms with E-state index >= 15 is 0 Å². The Balaban J connectivity index is 1.33. The second-order valence-corrected chi connectivity index (χ2v) is 8.33. The number of nitrogens with one attached hydrogen (secondary N) is 2. The fraction of sp³-hybridized carbons (Fsp3) is 0.261. The van der Waals surface area contributed by atoms with Crippen molar-refractivity contribution in [2.45, 2.75) is 26.4 Å². The molecule has 10 nitrogen and oxygen atoms in total. The number of aromatic nitrogens is 1. The summed E-state index contributed by atoms with van der Waals surface area (Å²) in [5.41, 5.74) is 0.607. The highest BCUT2D eigenvalue weighted by molar-refractivity contribution is 7.07. The monoisotopic (exact) mass is 482 g/mol. The molecule has 0 saturated heterocycles. The van der Waals surface area contributed by atoms with Gasteiger partial charge in [0.2, 0.25) is 0 Å². The quantitative estimate of drug-likeness (QED) is 0.394. The lowest BCUT2D eigenvalue weighted by molar-refractivity contribution is -0.136. The standard InChI is InChI=1S/C23H22N4O6S/c1-2-32-22(31)14-4-6-15(7-5-14)26-20(29)19(28)25-13-17-9-8-16(33-17)12-18-21(30)27-11-3-10-24-23(27)34-18/h4-9,12H,2-3,10-11,13H2,1H3,(H,25,28)(H,26,29)/b18-12+.